The maximum absolute atomic E-state index is 12.0. The van der Waals surface area contributed by atoms with Crippen LogP contribution >= 0.6 is 15.9 Å². The Morgan fingerprint density at radius 1 is 1.21 bits per heavy atom. The lowest BCUT2D eigenvalue weighted by Gasteiger charge is -2.39. The van der Waals surface area contributed by atoms with E-state index in [1.54, 1.807) is 12.0 Å². The van der Waals surface area contributed by atoms with Gasteiger partial charge in [-0.05, 0) is 51.1 Å². The van der Waals surface area contributed by atoms with Crippen molar-refractivity contribution in [3.8, 4) is 17.0 Å². The normalized spacial score (nSPS) is 14.5. The van der Waals surface area contributed by atoms with Crippen LogP contribution in [0.15, 0.2) is 34.8 Å². The van der Waals surface area contributed by atoms with E-state index in [1.165, 1.54) is 0 Å². The molecule has 1 fully saturated rings. The lowest BCUT2D eigenvalue weighted by Crippen LogP contribution is -2.50. The number of amides is 1. The molecule has 3 rings (SSSR count). The Morgan fingerprint density at radius 3 is 2.57 bits per heavy atom. The number of methoxy groups -OCH3 is 1. The first-order valence-electron chi connectivity index (χ1n) is 9.00. The molecular formula is C20H24BrN3O4. The van der Waals surface area contributed by atoms with Gasteiger partial charge in [0.1, 0.15) is 11.4 Å². The highest BCUT2D eigenvalue weighted by molar-refractivity contribution is 9.10. The Bertz CT molecular complexity index is 830. The highest BCUT2D eigenvalue weighted by Gasteiger charge is 2.35. The first-order valence-corrected chi connectivity index (χ1v) is 9.79. The van der Waals surface area contributed by atoms with Gasteiger partial charge < -0.3 is 19.1 Å². The molecule has 150 valence electrons. The van der Waals surface area contributed by atoms with E-state index in [9.17, 15) is 4.79 Å². The number of benzene rings is 1. The van der Waals surface area contributed by atoms with E-state index in [4.69, 9.17) is 14.2 Å². The van der Waals surface area contributed by atoms with E-state index in [2.05, 4.69) is 26.1 Å². The first-order chi connectivity index (χ1) is 13.3. The number of carbonyl (C=O) groups excluding carboxylic acids is 1. The lowest BCUT2D eigenvalue weighted by atomic mass is 9.96. The molecule has 1 amide bonds. The van der Waals surface area contributed by atoms with Crippen LogP contribution in [0.1, 0.15) is 32.4 Å². The summed E-state index contributed by atoms with van der Waals surface area (Å²) in [6.07, 6.45) is -0.289. The van der Waals surface area contributed by atoms with Gasteiger partial charge in [0, 0.05) is 36.2 Å². The van der Waals surface area contributed by atoms with Crippen LogP contribution in [0.3, 0.4) is 0 Å². The van der Waals surface area contributed by atoms with Gasteiger partial charge in [0.2, 0.25) is 0 Å². The van der Waals surface area contributed by atoms with Gasteiger partial charge in [-0.25, -0.2) is 4.79 Å². The quantitative estimate of drug-likeness (QED) is 0.635. The molecule has 8 heteroatoms. The summed E-state index contributed by atoms with van der Waals surface area (Å²) in [5.74, 6) is 0.834. The fraction of sp³-hybridized carbons (Fsp3) is 0.450. The molecule has 0 N–H and O–H groups in total. The highest BCUT2D eigenvalue weighted by Crippen LogP contribution is 2.33. The minimum Gasteiger partial charge on any atom is -0.467 e. The molecule has 1 aliphatic heterocycles. The second-order valence-corrected chi connectivity index (χ2v) is 8.53. The number of halogens is 1. The van der Waals surface area contributed by atoms with Crippen molar-refractivity contribution >= 4 is 22.0 Å². The zero-order valence-corrected chi connectivity index (χ0v) is 18.0. The summed E-state index contributed by atoms with van der Waals surface area (Å²) in [5, 5.41) is 8.72. The van der Waals surface area contributed by atoms with Gasteiger partial charge >= 0.3 is 6.09 Å². The molecule has 2 aromatic rings. The van der Waals surface area contributed by atoms with Crippen molar-refractivity contribution in [2.45, 2.75) is 32.3 Å². The molecule has 0 spiro atoms. The van der Waals surface area contributed by atoms with Gasteiger partial charge in [-0.3, -0.25) is 0 Å². The summed E-state index contributed by atoms with van der Waals surface area (Å²) in [6.45, 7) is 6.90. The molecule has 1 aromatic heterocycles. The molecule has 0 aliphatic carbocycles. The zero-order valence-electron chi connectivity index (χ0n) is 16.4. The lowest BCUT2D eigenvalue weighted by molar-refractivity contribution is 0.00780. The minimum atomic E-state index is -0.489. The van der Waals surface area contributed by atoms with Gasteiger partial charge in [-0.2, -0.15) is 10.2 Å². The molecule has 1 aliphatic rings. The number of carbonyl (C=O) groups is 1. The van der Waals surface area contributed by atoms with Crippen molar-refractivity contribution in [2.75, 3.05) is 27.0 Å². The van der Waals surface area contributed by atoms with Gasteiger partial charge in [0.25, 0.3) is 0 Å². The first kappa shape index (κ1) is 20.5. The molecule has 0 atom stereocenters. The van der Waals surface area contributed by atoms with Crippen LogP contribution in [0, 0.1) is 0 Å². The molecule has 1 aromatic carbocycles. The van der Waals surface area contributed by atoms with Crippen molar-refractivity contribution in [1.29, 1.82) is 0 Å². The second kappa shape index (κ2) is 8.45. The Morgan fingerprint density at radius 2 is 1.96 bits per heavy atom. The molecule has 0 bridgehead atoms. The van der Waals surface area contributed by atoms with E-state index < -0.39 is 5.60 Å². The minimum absolute atomic E-state index is 0.150. The number of ether oxygens (including phenoxy) is 3. The zero-order chi connectivity index (χ0) is 20.3. The van der Waals surface area contributed by atoms with E-state index in [1.807, 2.05) is 51.1 Å². The van der Waals surface area contributed by atoms with Crippen LogP contribution in [0.4, 0.5) is 4.79 Å². The largest absolute Gasteiger partial charge is 0.467 e. The number of hydrogen-bond acceptors (Lipinski definition) is 6. The van der Waals surface area contributed by atoms with Gasteiger partial charge in [-0.15, -0.1) is 0 Å². The van der Waals surface area contributed by atoms with E-state index in [0.717, 1.165) is 15.7 Å². The standard InChI is InChI=1S/C20H24BrN3O4/c1-20(2,3)28-19(25)24-10-13(11-24)16-7-8-17(23-22-16)15-6-5-14(21)9-18(15)27-12-26-4/h5-9,13H,10-12H2,1-4H3. The third kappa shape index (κ3) is 4.99. The fourth-order valence-electron chi connectivity index (χ4n) is 2.79. The van der Waals surface area contributed by atoms with Crippen LogP contribution in [0.2, 0.25) is 0 Å². The third-order valence-electron chi connectivity index (χ3n) is 4.19. The number of aromatic nitrogens is 2. The maximum atomic E-state index is 12.0. The average Bonchev–Trinajstić information content (AvgIpc) is 2.58. The van der Waals surface area contributed by atoms with Crippen LogP contribution < -0.4 is 4.74 Å². The summed E-state index contributed by atoms with van der Waals surface area (Å²) >= 11 is 3.44. The van der Waals surface area contributed by atoms with Crippen molar-refractivity contribution in [3.05, 3.63) is 40.5 Å². The molecule has 28 heavy (non-hydrogen) atoms. The van der Waals surface area contributed by atoms with Gasteiger partial charge in [-0.1, -0.05) is 15.9 Å². The summed E-state index contributed by atoms with van der Waals surface area (Å²) in [4.78, 5) is 13.7. The average molecular weight is 450 g/mol. The fourth-order valence-corrected chi connectivity index (χ4v) is 3.13. The molecule has 0 unspecified atom stereocenters. The van der Waals surface area contributed by atoms with Crippen molar-refractivity contribution < 1.29 is 19.0 Å². The Labute approximate surface area is 173 Å². The molecular weight excluding hydrogens is 426 g/mol. The summed E-state index contributed by atoms with van der Waals surface area (Å²) in [7, 11) is 1.57. The van der Waals surface area contributed by atoms with E-state index >= 15 is 0 Å². The topological polar surface area (TPSA) is 73.8 Å². The van der Waals surface area contributed by atoms with Crippen LogP contribution in [-0.4, -0.2) is 53.8 Å². The smallest absolute Gasteiger partial charge is 0.410 e. The summed E-state index contributed by atoms with van der Waals surface area (Å²) in [6, 6.07) is 9.58. The predicted molar refractivity (Wildman–Crippen MR) is 108 cm³/mol. The monoisotopic (exact) mass is 449 g/mol. The molecule has 2 heterocycles. The Hall–Kier alpha value is -2.19. The van der Waals surface area contributed by atoms with E-state index in [0.29, 0.717) is 24.5 Å². The van der Waals surface area contributed by atoms with Gasteiger partial charge in [0.15, 0.2) is 6.79 Å². The molecule has 0 radical (unpaired) electrons. The number of hydrogen-bond donors (Lipinski definition) is 0. The van der Waals surface area contributed by atoms with Gasteiger partial charge in [0.05, 0.1) is 11.4 Å². The van der Waals surface area contributed by atoms with Crippen molar-refractivity contribution in [3.63, 3.8) is 0 Å². The van der Waals surface area contributed by atoms with Crippen molar-refractivity contribution in [1.82, 2.24) is 15.1 Å². The number of nitrogens with zero attached hydrogens (tertiary/aromatic N) is 3. The number of likely N-dealkylation sites (tertiary alicyclic amines) is 1. The van der Waals surface area contributed by atoms with Crippen LogP contribution in [0.25, 0.3) is 11.3 Å². The highest BCUT2D eigenvalue weighted by atomic mass is 79.9. The van der Waals surface area contributed by atoms with Crippen LogP contribution in [-0.2, 0) is 9.47 Å². The third-order valence-corrected chi connectivity index (χ3v) is 4.68. The maximum Gasteiger partial charge on any atom is 0.410 e. The van der Waals surface area contributed by atoms with E-state index in [-0.39, 0.29) is 18.8 Å². The Kier molecular flexibility index (Phi) is 6.20. The Balaban J connectivity index is 1.66. The SMILES string of the molecule is COCOc1cc(Br)ccc1-c1ccc(C2CN(C(=O)OC(C)(C)C)C2)nn1. The molecule has 0 saturated carbocycles. The predicted octanol–water partition coefficient (Wildman–Crippen LogP) is 4.22. The summed E-state index contributed by atoms with van der Waals surface area (Å²) < 4.78 is 16.9. The van der Waals surface area contributed by atoms with Crippen LogP contribution in [0.5, 0.6) is 5.75 Å². The van der Waals surface area contributed by atoms with Crippen molar-refractivity contribution in [2.24, 2.45) is 0 Å². The molecule has 1 saturated heterocycles. The second-order valence-electron chi connectivity index (χ2n) is 7.62. The summed E-state index contributed by atoms with van der Waals surface area (Å²) in [5.41, 5.74) is 1.92. The molecule has 7 nitrogen and oxygen atoms in total. The number of rotatable bonds is 5.